The fraction of sp³-hybridized carbons (Fsp3) is 1.00. The summed E-state index contributed by atoms with van der Waals surface area (Å²) in [5.74, 6) is 0. The van der Waals surface area contributed by atoms with Gasteiger partial charge in [0.25, 0.3) is 0 Å². The highest BCUT2D eigenvalue weighted by Crippen LogP contribution is 0.759. The molecule has 0 saturated heterocycles. The van der Waals surface area contributed by atoms with Crippen LogP contribution < -0.4 is 0 Å². The van der Waals surface area contributed by atoms with E-state index in [9.17, 15) is 0 Å². The second kappa shape index (κ2) is 16900. The molecule has 0 fully saturated rings. The van der Waals surface area contributed by atoms with Gasteiger partial charge in [0.15, 0.2) is 0 Å². The van der Waals surface area contributed by atoms with Gasteiger partial charge in [-0.15, -0.1) is 0 Å². The highest BCUT2D eigenvalue weighted by atomic mass is 28.1. The minimum Gasteiger partial charge on any atom is -0.400 e. The molecule has 3 N–H and O–H groups in total. The quantitative estimate of drug-likeness (QED) is 0.313. The van der Waals surface area contributed by atoms with Gasteiger partial charge in [0.1, 0.15) is 0 Å². The fourth-order valence-electron chi connectivity index (χ4n) is 0. The summed E-state index contributed by atoms with van der Waals surface area (Å²) < 4.78 is 0. The molecule has 0 spiro atoms. The van der Waals surface area contributed by atoms with Crippen LogP contribution in [0.3, 0.4) is 0 Å². The fourth-order valence-corrected chi connectivity index (χ4v) is 0. The van der Waals surface area contributed by atoms with Crippen molar-refractivity contribution < 1.29 is 15.3 Å². The molecule has 0 heterocycles. The third-order valence-corrected chi connectivity index (χ3v) is 0. The minimum absolute atomic E-state index is 0. The van der Waals surface area contributed by atoms with Gasteiger partial charge in [-0.2, -0.15) is 0 Å². The lowest BCUT2D eigenvalue weighted by atomic mass is 11.8. The Hall–Kier alpha value is 0.0969. The molecule has 0 bridgehead atoms. The van der Waals surface area contributed by atoms with Crippen LogP contribution in [0.4, 0.5) is 0 Å². The molecule has 0 aromatic rings. The van der Waals surface area contributed by atoms with E-state index in [1.54, 1.807) is 0 Å². The second-order valence-electron chi connectivity index (χ2n) is 0. The van der Waals surface area contributed by atoms with Gasteiger partial charge in [-0.1, -0.05) is 0 Å². The maximum atomic E-state index is 7.00. The molecule has 7 heavy (non-hydrogen) atoms. The van der Waals surface area contributed by atoms with Gasteiger partial charge in [0, 0.05) is 21.3 Å². The summed E-state index contributed by atoms with van der Waals surface area (Å²) in [6.07, 6.45) is 0. The molecule has 0 aromatic heterocycles. The van der Waals surface area contributed by atoms with E-state index < -0.39 is 0 Å². The van der Waals surface area contributed by atoms with E-state index >= 15 is 0 Å². The standard InChI is InChI=1S/3CH4O.H4Si/c3*1-2;/h3*2H,1H3;1H4. The average Bonchev–Trinajstić information content (AvgIpc) is 1.81. The first-order valence-electron chi connectivity index (χ1n) is 1.34. The summed E-state index contributed by atoms with van der Waals surface area (Å²) in [5.41, 5.74) is 0. The maximum Gasteiger partial charge on any atom is 0.0319 e. The maximum absolute atomic E-state index is 7.00. The predicted octanol–water partition coefficient (Wildman–Crippen LogP) is -2.63. The van der Waals surface area contributed by atoms with E-state index in [4.69, 9.17) is 15.3 Å². The summed E-state index contributed by atoms with van der Waals surface area (Å²) in [7, 11) is 3.00. The predicted molar refractivity (Wildman–Crippen MR) is 35.8 cm³/mol. The third kappa shape index (κ3) is 10900. The first-order valence-corrected chi connectivity index (χ1v) is 1.34. The van der Waals surface area contributed by atoms with E-state index in [0.29, 0.717) is 0 Å². The Morgan fingerprint density at radius 3 is 0.571 bits per heavy atom. The Labute approximate surface area is 48.6 Å². The highest BCUT2D eigenvalue weighted by molar-refractivity contribution is 5.75. The van der Waals surface area contributed by atoms with Crippen LogP contribution in [-0.4, -0.2) is 47.6 Å². The summed E-state index contributed by atoms with van der Waals surface area (Å²) in [6.45, 7) is 0. The SMILES string of the molecule is CO.CO.CO.[SiH4]. The number of rotatable bonds is 0. The van der Waals surface area contributed by atoms with Gasteiger partial charge in [0.05, 0.1) is 0 Å². The average molecular weight is 128 g/mol. The van der Waals surface area contributed by atoms with Crippen molar-refractivity contribution in [1.29, 1.82) is 0 Å². The van der Waals surface area contributed by atoms with E-state index in [0.717, 1.165) is 21.3 Å². The lowest BCUT2D eigenvalue weighted by Gasteiger charge is -1.21. The van der Waals surface area contributed by atoms with Gasteiger partial charge in [0.2, 0.25) is 0 Å². The van der Waals surface area contributed by atoms with Crippen molar-refractivity contribution in [3.8, 4) is 0 Å². The number of aliphatic hydroxyl groups excluding tert-OH is 3. The molecule has 4 heteroatoms. The van der Waals surface area contributed by atoms with Crippen molar-refractivity contribution in [2.75, 3.05) is 21.3 Å². The molecule has 0 aliphatic rings. The Morgan fingerprint density at radius 2 is 0.571 bits per heavy atom. The first-order chi connectivity index (χ1) is 3.00. The summed E-state index contributed by atoms with van der Waals surface area (Å²) in [6, 6.07) is 0. The van der Waals surface area contributed by atoms with E-state index in [1.807, 2.05) is 0 Å². The highest BCUT2D eigenvalue weighted by Gasteiger charge is 0.843. The number of hydrogen-bond acceptors (Lipinski definition) is 3. The van der Waals surface area contributed by atoms with Crippen molar-refractivity contribution in [1.82, 2.24) is 0 Å². The zero-order valence-electron chi connectivity index (χ0n) is 4.34. The minimum atomic E-state index is 0. The number of aliphatic hydroxyl groups is 3. The van der Waals surface area contributed by atoms with Crippen LogP contribution in [0.5, 0.6) is 0 Å². The zero-order chi connectivity index (χ0) is 6.00. The van der Waals surface area contributed by atoms with Crippen molar-refractivity contribution >= 4 is 11.0 Å². The van der Waals surface area contributed by atoms with Crippen molar-refractivity contribution in [2.45, 2.75) is 0 Å². The molecule has 3 nitrogen and oxygen atoms in total. The first kappa shape index (κ1) is 27.5. The Kier molecular flexibility index (Phi) is 66300. The Morgan fingerprint density at radius 1 is 0.571 bits per heavy atom. The molecule has 0 aliphatic carbocycles. The van der Waals surface area contributed by atoms with Crippen LogP contribution in [0.15, 0.2) is 0 Å². The van der Waals surface area contributed by atoms with Crippen molar-refractivity contribution in [2.24, 2.45) is 0 Å². The molecule has 0 amide bonds. The third-order valence-electron chi connectivity index (χ3n) is 0. The molecule has 0 atom stereocenters. The summed E-state index contributed by atoms with van der Waals surface area (Å²) in [4.78, 5) is 0. The molecule has 0 aromatic carbocycles. The van der Waals surface area contributed by atoms with E-state index in [1.165, 1.54) is 0 Å². The molecule has 0 radical (unpaired) electrons. The molecule has 0 aliphatic heterocycles. The van der Waals surface area contributed by atoms with Crippen LogP contribution in [0.1, 0.15) is 0 Å². The van der Waals surface area contributed by atoms with Crippen LogP contribution >= 0.6 is 0 Å². The Balaban J connectivity index is -0.00000000900. The van der Waals surface area contributed by atoms with Gasteiger partial charge in [-0.3, -0.25) is 0 Å². The van der Waals surface area contributed by atoms with Crippen LogP contribution in [0, 0.1) is 0 Å². The zero-order valence-corrected chi connectivity index (χ0v) is 4.34. The smallest absolute Gasteiger partial charge is 0.0319 e. The molecular weight excluding hydrogens is 112 g/mol. The summed E-state index contributed by atoms with van der Waals surface area (Å²) >= 11 is 0. The van der Waals surface area contributed by atoms with Gasteiger partial charge < -0.3 is 15.3 Å². The van der Waals surface area contributed by atoms with Gasteiger partial charge in [-0.05, 0) is 11.0 Å². The van der Waals surface area contributed by atoms with E-state index in [2.05, 4.69) is 0 Å². The monoisotopic (exact) mass is 128 g/mol. The molecule has 0 saturated carbocycles. The van der Waals surface area contributed by atoms with Crippen molar-refractivity contribution in [3.63, 3.8) is 0 Å². The molecule has 50 valence electrons. The largest absolute Gasteiger partial charge is 0.400 e. The van der Waals surface area contributed by atoms with Gasteiger partial charge in [-0.25, -0.2) is 0 Å². The van der Waals surface area contributed by atoms with Crippen LogP contribution in [0.25, 0.3) is 0 Å². The molecule has 0 rings (SSSR count). The van der Waals surface area contributed by atoms with Crippen LogP contribution in [0.2, 0.25) is 0 Å². The lowest BCUT2D eigenvalue weighted by Crippen LogP contribution is -1.25. The van der Waals surface area contributed by atoms with E-state index in [-0.39, 0.29) is 11.0 Å². The second-order valence-corrected chi connectivity index (χ2v) is 0. The van der Waals surface area contributed by atoms with Crippen LogP contribution in [-0.2, 0) is 0 Å². The summed E-state index contributed by atoms with van der Waals surface area (Å²) in [5, 5.41) is 21.0. The molecule has 0 unspecified atom stereocenters. The Bertz CT molecular complexity index is 10.1. The number of hydrogen-bond donors (Lipinski definition) is 3. The topological polar surface area (TPSA) is 60.7 Å². The normalized spacial score (nSPS) is 2.57. The van der Waals surface area contributed by atoms with Crippen molar-refractivity contribution in [3.05, 3.63) is 0 Å². The lowest BCUT2D eigenvalue weighted by molar-refractivity contribution is 0.399. The van der Waals surface area contributed by atoms with Gasteiger partial charge >= 0.3 is 0 Å². The molecular formula is C3H16O3Si.